The molecule has 4 aromatic rings. The van der Waals surface area contributed by atoms with Crippen LogP contribution in [0.1, 0.15) is 38.8 Å². The van der Waals surface area contributed by atoms with E-state index in [1.165, 1.54) is 12.1 Å². The third kappa shape index (κ3) is 9.98. The van der Waals surface area contributed by atoms with Crippen LogP contribution < -0.4 is 18.9 Å². The molecule has 0 aliphatic heterocycles. The van der Waals surface area contributed by atoms with E-state index in [1.54, 1.807) is 52.0 Å². The molecule has 0 saturated carbocycles. The maximum Gasteiger partial charge on any atom is 0.338 e. The van der Waals surface area contributed by atoms with Crippen LogP contribution in [0.3, 0.4) is 0 Å². The van der Waals surface area contributed by atoms with Crippen molar-refractivity contribution in [1.29, 1.82) is 0 Å². The molecule has 50 heavy (non-hydrogen) atoms. The molecule has 0 fully saturated rings. The fourth-order valence-electron chi connectivity index (χ4n) is 4.25. The zero-order chi connectivity index (χ0) is 36.5. The fraction of sp³-hybridized carbons (Fsp3) is 0.0952. The van der Waals surface area contributed by atoms with E-state index in [1.807, 2.05) is 60.7 Å². The van der Waals surface area contributed by atoms with Gasteiger partial charge in [0, 0.05) is 34.4 Å². The molecule has 0 amide bonds. The third-order valence-corrected chi connectivity index (χ3v) is 6.95. The van der Waals surface area contributed by atoms with Gasteiger partial charge in [0.25, 0.3) is 0 Å². The van der Waals surface area contributed by atoms with Gasteiger partial charge in [0.05, 0.1) is 0 Å². The molecule has 4 rings (SSSR count). The molecule has 0 bridgehead atoms. The van der Waals surface area contributed by atoms with Crippen LogP contribution in [0.4, 0.5) is 0 Å². The first kappa shape index (κ1) is 36.3. The maximum atomic E-state index is 12.2. The Hall–Kier alpha value is -6.54. The first-order valence-electron chi connectivity index (χ1n) is 15.4. The number of benzene rings is 4. The molecule has 0 aliphatic carbocycles. The van der Waals surface area contributed by atoms with Crippen molar-refractivity contribution in [2.24, 2.45) is 0 Å². The maximum absolute atomic E-state index is 12.2. The van der Waals surface area contributed by atoms with E-state index < -0.39 is 23.9 Å². The highest BCUT2D eigenvalue weighted by Gasteiger charge is 2.15. The van der Waals surface area contributed by atoms with Gasteiger partial charge in [-0.3, -0.25) is 0 Å². The molecule has 8 nitrogen and oxygen atoms in total. The van der Waals surface area contributed by atoms with Crippen molar-refractivity contribution < 1.29 is 38.1 Å². The number of esters is 4. The summed E-state index contributed by atoms with van der Waals surface area (Å²) in [7, 11) is 0. The molecule has 0 atom stereocenters. The van der Waals surface area contributed by atoms with Crippen LogP contribution in [-0.4, -0.2) is 23.9 Å². The summed E-state index contributed by atoms with van der Waals surface area (Å²) in [5.41, 5.74) is 5.71. The Morgan fingerprint density at radius 3 is 0.860 bits per heavy atom. The molecule has 0 N–H and O–H groups in total. The average Bonchev–Trinajstić information content (AvgIpc) is 3.07. The first-order valence-corrected chi connectivity index (χ1v) is 15.4. The minimum atomic E-state index is -0.598. The lowest BCUT2D eigenvalue weighted by molar-refractivity contribution is -0.131. The SMILES string of the molecule is C=C(C)C(=O)Oc1cc(OC(=O)C(=C)C)cc(-c2ccc(/C=C/c3ccc(-c4cc(OC(=O)C(=C)C)cc(OC(=O)C(=C)C)c4)cc3)cc2)c1. The van der Waals surface area contributed by atoms with Crippen molar-refractivity contribution >= 4 is 36.0 Å². The van der Waals surface area contributed by atoms with Gasteiger partial charge in [-0.1, -0.05) is 87.0 Å². The minimum absolute atomic E-state index is 0.205. The molecule has 0 aromatic heterocycles. The normalized spacial score (nSPS) is 10.6. The Morgan fingerprint density at radius 2 is 0.640 bits per heavy atom. The van der Waals surface area contributed by atoms with Gasteiger partial charge < -0.3 is 18.9 Å². The fourth-order valence-corrected chi connectivity index (χ4v) is 4.25. The zero-order valence-electron chi connectivity index (χ0n) is 28.3. The van der Waals surface area contributed by atoms with Gasteiger partial charge in [0.1, 0.15) is 23.0 Å². The predicted molar refractivity (Wildman–Crippen MR) is 194 cm³/mol. The number of carbonyl (C=O) groups is 4. The van der Waals surface area contributed by atoms with E-state index in [9.17, 15) is 19.2 Å². The van der Waals surface area contributed by atoms with E-state index in [2.05, 4.69) is 26.3 Å². The Bertz CT molecular complexity index is 1820. The average molecular weight is 669 g/mol. The summed E-state index contributed by atoms with van der Waals surface area (Å²) in [5.74, 6) is -1.57. The molecule has 0 saturated heterocycles. The number of hydrogen-bond donors (Lipinski definition) is 0. The third-order valence-electron chi connectivity index (χ3n) is 6.95. The quantitative estimate of drug-likeness (QED) is 0.0637. The van der Waals surface area contributed by atoms with Crippen LogP contribution in [0.5, 0.6) is 23.0 Å². The molecule has 0 aliphatic rings. The van der Waals surface area contributed by atoms with Crippen molar-refractivity contribution in [1.82, 2.24) is 0 Å². The summed E-state index contributed by atoms with van der Waals surface area (Å²) < 4.78 is 21.7. The lowest BCUT2D eigenvalue weighted by atomic mass is 10.0. The molecule has 252 valence electrons. The van der Waals surface area contributed by atoms with E-state index in [0.29, 0.717) is 11.1 Å². The molecular weight excluding hydrogens is 632 g/mol. The van der Waals surface area contributed by atoms with E-state index >= 15 is 0 Å². The second kappa shape index (κ2) is 16.0. The second-order valence-electron chi connectivity index (χ2n) is 11.6. The topological polar surface area (TPSA) is 105 Å². The van der Waals surface area contributed by atoms with E-state index in [-0.39, 0.29) is 45.3 Å². The summed E-state index contributed by atoms with van der Waals surface area (Å²) in [4.78, 5) is 48.7. The molecule has 0 unspecified atom stereocenters. The lowest BCUT2D eigenvalue weighted by Gasteiger charge is -2.11. The van der Waals surface area contributed by atoms with Gasteiger partial charge in [-0.25, -0.2) is 19.2 Å². The van der Waals surface area contributed by atoms with Gasteiger partial charge in [-0.15, -0.1) is 0 Å². The van der Waals surface area contributed by atoms with Crippen LogP contribution in [-0.2, 0) is 19.2 Å². The van der Waals surface area contributed by atoms with Crippen LogP contribution in [0.25, 0.3) is 34.4 Å². The number of carbonyl (C=O) groups excluding carboxylic acids is 4. The highest BCUT2D eigenvalue weighted by molar-refractivity contribution is 5.91. The lowest BCUT2D eigenvalue weighted by Crippen LogP contribution is -2.10. The van der Waals surface area contributed by atoms with E-state index in [4.69, 9.17) is 18.9 Å². The Labute approximate surface area is 291 Å². The van der Waals surface area contributed by atoms with Crippen LogP contribution in [0.15, 0.2) is 134 Å². The summed E-state index contributed by atoms with van der Waals surface area (Å²) >= 11 is 0. The van der Waals surface area contributed by atoms with Crippen molar-refractivity contribution in [2.75, 3.05) is 0 Å². The summed E-state index contributed by atoms with van der Waals surface area (Å²) in [6, 6.07) is 25.0. The Morgan fingerprint density at radius 1 is 0.400 bits per heavy atom. The van der Waals surface area contributed by atoms with Crippen LogP contribution >= 0.6 is 0 Å². The number of hydrogen-bond acceptors (Lipinski definition) is 8. The molecule has 0 heterocycles. The zero-order valence-corrected chi connectivity index (χ0v) is 28.3. The molecule has 8 heteroatoms. The highest BCUT2D eigenvalue weighted by Crippen LogP contribution is 2.33. The van der Waals surface area contributed by atoms with Crippen molar-refractivity contribution in [2.45, 2.75) is 27.7 Å². The van der Waals surface area contributed by atoms with E-state index in [0.717, 1.165) is 22.3 Å². The standard InChI is InChI=1S/C42H36O8/c1-25(2)39(43)47-35-19-33(20-36(23-35)48-40(44)26(3)4)31-15-11-29(12-16-31)9-10-30-13-17-32(18-14-30)34-21-37(49-41(45)27(5)6)24-38(22-34)50-42(46)28(7)8/h9-24H,1,3,5,7H2,2,4,6,8H3/b10-9+. The summed E-state index contributed by atoms with van der Waals surface area (Å²) in [6.07, 6.45) is 3.91. The van der Waals surface area contributed by atoms with Crippen molar-refractivity contribution in [3.05, 3.63) is 145 Å². The van der Waals surface area contributed by atoms with Gasteiger partial charge in [0.2, 0.25) is 0 Å². The molecular formula is C42H36O8. The smallest absolute Gasteiger partial charge is 0.338 e. The largest absolute Gasteiger partial charge is 0.423 e. The molecule has 0 radical (unpaired) electrons. The van der Waals surface area contributed by atoms with Gasteiger partial charge in [0.15, 0.2) is 0 Å². The minimum Gasteiger partial charge on any atom is -0.423 e. The van der Waals surface area contributed by atoms with Gasteiger partial charge in [-0.05, 0) is 85.3 Å². The summed E-state index contributed by atoms with van der Waals surface area (Å²) in [6.45, 7) is 20.6. The first-order chi connectivity index (χ1) is 23.7. The van der Waals surface area contributed by atoms with Crippen molar-refractivity contribution in [3.8, 4) is 45.3 Å². The predicted octanol–water partition coefficient (Wildman–Crippen LogP) is 9.12. The van der Waals surface area contributed by atoms with Crippen LogP contribution in [0, 0.1) is 0 Å². The summed E-state index contributed by atoms with van der Waals surface area (Å²) in [5, 5.41) is 0. The van der Waals surface area contributed by atoms with Gasteiger partial charge in [-0.2, -0.15) is 0 Å². The molecule has 4 aromatic carbocycles. The monoisotopic (exact) mass is 668 g/mol. The second-order valence-corrected chi connectivity index (χ2v) is 11.6. The van der Waals surface area contributed by atoms with Gasteiger partial charge >= 0.3 is 23.9 Å². The van der Waals surface area contributed by atoms with Crippen molar-refractivity contribution in [3.63, 3.8) is 0 Å². The Kier molecular flexibility index (Phi) is 11.6. The number of rotatable bonds is 12. The number of ether oxygens (including phenoxy) is 4. The highest BCUT2D eigenvalue weighted by atomic mass is 16.6. The molecule has 0 spiro atoms. The van der Waals surface area contributed by atoms with Crippen LogP contribution in [0.2, 0.25) is 0 Å². The Balaban J connectivity index is 1.55.